The molecule has 0 aromatic heterocycles. The van der Waals surface area contributed by atoms with Gasteiger partial charge in [0.1, 0.15) is 16.9 Å². The van der Waals surface area contributed by atoms with Crippen LogP contribution in [0.4, 0.5) is 0 Å². The van der Waals surface area contributed by atoms with Crippen LogP contribution in [0, 0.1) is 5.92 Å². The molecule has 1 fully saturated rings. The number of carbonyl (C=O) groups is 2. The van der Waals surface area contributed by atoms with Crippen LogP contribution < -0.4 is 9.47 Å². The summed E-state index contributed by atoms with van der Waals surface area (Å²) in [7, 11) is 5.29. The minimum atomic E-state index is -1.14. The molecule has 1 aromatic carbocycles. The van der Waals surface area contributed by atoms with E-state index in [9.17, 15) is 14.7 Å². The number of rotatable bonds is 4. The molecule has 1 N–H and O–H groups in total. The zero-order valence-corrected chi connectivity index (χ0v) is 14.8. The summed E-state index contributed by atoms with van der Waals surface area (Å²) in [5, 5.41) is 11.3. The van der Waals surface area contributed by atoms with E-state index >= 15 is 0 Å². The highest BCUT2D eigenvalue weighted by Crippen LogP contribution is 2.57. The van der Waals surface area contributed by atoms with E-state index in [0.29, 0.717) is 24.0 Å². The SMILES string of the molecule is COC(=O)c1c(OC)c2c(c(C(=O)OC)c1OC)[C@]1(O)CCC[C@@H]1C2. The van der Waals surface area contributed by atoms with Crippen molar-refractivity contribution in [3.05, 3.63) is 22.3 Å². The van der Waals surface area contributed by atoms with Crippen molar-refractivity contribution in [1.82, 2.24) is 0 Å². The van der Waals surface area contributed by atoms with Crippen LogP contribution in [-0.2, 0) is 21.5 Å². The standard InChI is InChI=1S/C18H22O7/c1-22-14-10-8-9-6-5-7-18(9,21)13(10)11(16(19)24-3)15(23-2)12(14)17(20)25-4/h9,21H,5-8H2,1-4H3/t9-,18+/m1/s1. The number of benzene rings is 1. The quantitative estimate of drug-likeness (QED) is 0.828. The number of carbonyl (C=O) groups excluding carboxylic acids is 2. The first-order chi connectivity index (χ1) is 11.9. The number of aliphatic hydroxyl groups is 1. The Morgan fingerprint density at radius 2 is 1.60 bits per heavy atom. The number of hydrogen-bond acceptors (Lipinski definition) is 7. The fourth-order valence-electron chi connectivity index (χ4n) is 4.35. The van der Waals surface area contributed by atoms with E-state index in [1.54, 1.807) is 0 Å². The zero-order valence-electron chi connectivity index (χ0n) is 14.8. The summed E-state index contributed by atoms with van der Waals surface area (Å²) < 4.78 is 20.7. The molecule has 25 heavy (non-hydrogen) atoms. The van der Waals surface area contributed by atoms with Crippen LogP contribution in [-0.4, -0.2) is 45.5 Å². The summed E-state index contributed by atoms with van der Waals surface area (Å²) >= 11 is 0. The van der Waals surface area contributed by atoms with Gasteiger partial charge in [-0.1, -0.05) is 0 Å². The van der Waals surface area contributed by atoms with Crippen LogP contribution in [0.15, 0.2) is 0 Å². The summed E-state index contributed by atoms with van der Waals surface area (Å²) in [4.78, 5) is 24.9. The second kappa shape index (κ2) is 6.22. The number of hydrogen-bond donors (Lipinski definition) is 1. The van der Waals surface area contributed by atoms with E-state index in [0.717, 1.165) is 12.8 Å². The Morgan fingerprint density at radius 3 is 2.16 bits per heavy atom. The molecule has 1 saturated carbocycles. The van der Waals surface area contributed by atoms with Gasteiger partial charge in [0.05, 0.1) is 34.0 Å². The van der Waals surface area contributed by atoms with Gasteiger partial charge in [-0.3, -0.25) is 0 Å². The molecule has 3 rings (SSSR count). The highest BCUT2D eigenvalue weighted by Gasteiger charge is 2.53. The highest BCUT2D eigenvalue weighted by molar-refractivity contribution is 6.04. The largest absolute Gasteiger partial charge is 0.495 e. The topological polar surface area (TPSA) is 91.3 Å². The predicted molar refractivity (Wildman–Crippen MR) is 87.2 cm³/mol. The molecule has 0 bridgehead atoms. The fraction of sp³-hybridized carbons (Fsp3) is 0.556. The smallest absolute Gasteiger partial charge is 0.345 e. The van der Waals surface area contributed by atoms with Crippen molar-refractivity contribution in [3.8, 4) is 11.5 Å². The minimum absolute atomic E-state index is 0.00951. The van der Waals surface area contributed by atoms with Crippen molar-refractivity contribution in [1.29, 1.82) is 0 Å². The molecule has 1 aromatic rings. The van der Waals surface area contributed by atoms with Gasteiger partial charge < -0.3 is 24.1 Å². The maximum atomic E-state index is 12.5. The Hall–Kier alpha value is -2.28. The van der Waals surface area contributed by atoms with E-state index in [-0.39, 0.29) is 28.5 Å². The Balaban J connectivity index is 2.43. The Bertz CT molecular complexity index is 740. The van der Waals surface area contributed by atoms with E-state index in [2.05, 4.69) is 0 Å². The molecule has 136 valence electrons. The Labute approximate surface area is 145 Å². The number of esters is 2. The lowest BCUT2D eigenvalue weighted by Crippen LogP contribution is -2.29. The third kappa shape index (κ3) is 2.29. The van der Waals surface area contributed by atoms with Gasteiger partial charge in [0.25, 0.3) is 0 Å². The summed E-state index contributed by atoms with van der Waals surface area (Å²) in [6, 6.07) is 0. The van der Waals surface area contributed by atoms with Gasteiger partial charge in [-0.05, 0) is 31.6 Å². The lowest BCUT2D eigenvalue weighted by Gasteiger charge is -2.27. The normalized spacial score (nSPS) is 23.6. The van der Waals surface area contributed by atoms with Crippen LogP contribution >= 0.6 is 0 Å². The van der Waals surface area contributed by atoms with Crippen LogP contribution in [0.1, 0.15) is 51.1 Å². The minimum Gasteiger partial charge on any atom is -0.495 e. The van der Waals surface area contributed by atoms with E-state index in [4.69, 9.17) is 18.9 Å². The van der Waals surface area contributed by atoms with Crippen molar-refractivity contribution in [2.45, 2.75) is 31.3 Å². The van der Waals surface area contributed by atoms with Crippen molar-refractivity contribution in [2.24, 2.45) is 5.92 Å². The Morgan fingerprint density at radius 1 is 1.00 bits per heavy atom. The lowest BCUT2D eigenvalue weighted by molar-refractivity contribution is 0.00872. The summed E-state index contributed by atoms with van der Waals surface area (Å²) in [5.74, 6) is -1.07. The number of fused-ring (bicyclic) bond motifs is 3. The molecule has 0 spiro atoms. The van der Waals surface area contributed by atoms with Gasteiger partial charge in [-0.25, -0.2) is 9.59 Å². The highest BCUT2D eigenvalue weighted by atomic mass is 16.5. The van der Waals surface area contributed by atoms with E-state index in [1.165, 1.54) is 28.4 Å². The van der Waals surface area contributed by atoms with Gasteiger partial charge in [0.15, 0.2) is 5.75 Å². The number of ether oxygens (including phenoxy) is 4. The maximum absolute atomic E-state index is 12.5. The van der Waals surface area contributed by atoms with Gasteiger partial charge in [0.2, 0.25) is 0 Å². The molecule has 7 nitrogen and oxygen atoms in total. The van der Waals surface area contributed by atoms with Crippen LogP contribution in [0.3, 0.4) is 0 Å². The summed E-state index contributed by atoms with van der Waals surface area (Å²) in [5.41, 5.74) is 0.0801. The molecule has 0 unspecified atom stereocenters. The molecule has 0 radical (unpaired) electrons. The zero-order chi connectivity index (χ0) is 18.4. The van der Waals surface area contributed by atoms with E-state index < -0.39 is 17.5 Å². The monoisotopic (exact) mass is 350 g/mol. The lowest BCUT2D eigenvalue weighted by atomic mass is 9.86. The second-order valence-corrected chi connectivity index (χ2v) is 6.37. The molecule has 7 heteroatoms. The van der Waals surface area contributed by atoms with Crippen molar-refractivity contribution < 1.29 is 33.6 Å². The first-order valence-corrected chi connectivity index (χ1v) is 8.14. The molecule has 2 aliphatic carbocycles. The average molecular weight is 350 g/mol. The summed E-state index contributed by atoms with van der Waals surface area (Å²) in [6.07, 6.45) is 2.76. The molecule has 0 saturated heterocycles. The van der Waals surface area contributed by atoms with Crippen molar-refractivity contribution >= 4 is 11.9 Å². The van der Waals surface area contributed by atoms with Crippen molar-refractivity contribution in [2.75, 3.05) is 28.4 Å². The van der Waals surface area contributed by atoms with Gasteiger partial charge in [-0.2, -0.15) is 0 Å². The van der Waals surface area contributed by atoms with Crippen LogP contribution in [0.5, 0.6) is 11.5 Å². The predicted octanol–water partition coefficient (Wildman–Crippen LogP) is 1.82. The van der Waals surface area contributed by atoms with E-state index in [1.807, 2.05) is 0 Å². The molecular formula is C18H22O7. The van der Waals surface area contributed by atoms with Gasteiger partial charge in [-0.15, -0.1) is 0 Å². The third-order valence-corrected chi connectivity index (χ3v) is 5.36. The Kier molecular flexibility index (Phi) is 4.36. The summed E-state index contributed by atoms with van der Waals surface area (Å²) in [6.45, 7) is 0. The van der Waals surface area contributed by atoms with Gasteiger partial charge in [0, 0.05) is 11.1 Å². The molecule has 0 aliphatic heterocycles. The maximum Gasteiger partial charge on any atom is 0.345 e. The average Bonchev–Trinajstić information content (AvgIpc) is 3.12. The first kappa shape index (κ1) is 17.5. The third-order valence-electron chi connectivity index (χ3n) is 5.36. The fourth-order valence-corrected chi connectivity index (χ4v) is 4.35. The second-order valence-electron chi connectivity index (χ2n) is 6.37. The number of methoxy groups -OCH3 is 4. The van der Waals surface area contributed by atoms with Crippen molar-refractivity contribution in [3.63, 3.8) is 0 Å². The molecule has 0 heterocycles. The molecule has 0 amide bonds. The molecule has 2 atom stereocenters. The molecule has 2 aliphatic rings. The van der Waals surface area contributed by atoms with Crippen LogP contribution in [0.25, 0.3) is 0 Å². The molecular weight excluding hydrogens is 328 g/mol. The first-order valence-electron chi connectivity index (χ1n) is 8.14. The van der Waals surface area contributed by atoms with Crippen LogP contribution in [0.2, 0.25) is 0 Å². The van der Waals surface area contributed by atoms with Gasteiger partial charge >= 0.3 is 11.9 Å².